The fourth-order valence-electron chi connectivity index (χ4n) is 2.93. The number of benzene rings is 1. The van der Waals surface area contributed by atoms with Crippen molar-refractivity contribution in [2.45, 2.75) is 46.3 Å². The Morgan fingerprint density at radius 1 is 1.17 bits per heavy atom. The zero-order chi connectivity index (χ0) is 21.6. The minimum absolute atomic E-state index is 0. The van der Waals surface area contributed by atoms with E-state index in [4.69, 9.17) is 4.74 Å². The zero-order valence-corrected chi connectivity index (χ0v) is 20.3. The van der Waals surface area contributed by atoms with Crippen LogP contribution in [0.3, 0.4) is 0 Å². The summed E-state index contributed by atoms with van der Waals surface area (Å²) in [5.74, 6) is -1.47. The molecule has 1 aromatic carbocycles. The van der Waals surface area contributed by atoms with Gasteiger partial charge in [-0.25, -0.2) is 4.79 Å². The molecule has 0 aliphatic rings. The second kappa shape index (κ2) is 11.5. The summed E-state index contributed by atoms with van der Waals surface area (Å²) in [5.41, 5.74) is 0.227. The topological polar surface area (TPSA) is 112 Å². The number of hydrogen-bond acceptors (Lipinski definition) is 6. The third-order valence-electron chi connectivity index (χ3n) is 4.27. The molecule has 158 valence electrons. The largest absolute Gasteiger partial charge is 1.00 e. The molecular formula is C21H28N3NaO5. The van der Waals surface area contributed by atoms with Gasteiger partial charge in [-0.2, -0.15) is 0 Å². The van der Waals surface area contributed by atoms with Crippen molar-refractivity contribution in [1.82, 2.24) is 15.2 Å². The van der Waals surface area contributed by atoms with Crippen LogP contribution < -0.4 is 50.7 Å². The van der Waals surface area contributed by atoms with E-state index in [1.807, 2.05) is 19.1 Å². The summed E-state index contributed by atoms with van der Waals surface area (Å²) in [6, 6.07) is 5.49. The number of carbonyl (C=O) groups excluding carboxylic acids is 2. The Hall–Kier alpha value is -1.87. The van der Waals surface area contributed by atoms with Gasteiger partial charge in [0, 0.05) is 31.2 Å². The number of alkyl carbamates (subject to hydrolysis) is 1. The van der Waals surface area contributed by atoms with Crippen LogP contribution in [0.1, 0.15) is 43.6 Å². The fraction of sp³-hybridized carbons (Fsp3) is 0.476. The number of ether oxygens (including phenoxy) is 1. The van der Waals surface area contributed by atoms with Gasteiger partial charge in [0.05, 0.1) is 17.0 Å². The maximum Gasteiger partial charge on any atom is 1.00 e. The van der Waals surface area contributed by atoms with E-state index in [1.54, 1.807) is 31.4 Å². The third kappa shape index (κ3) is 7.43. The summed E-state index contributed by atoms with van der Waals surface area (Å²) >= 11 is 0. The summed E-state index contributed by atoms with van der Waals surface area (Å²) in [5, 5.41) is 17.5. The van der Waals surface area contributed by atoms with E-state index in [0.29, 0.717) is 43.5 Å². The van der Waals surface area contributed by atoms with Crippen LogP contribution in [-0.2, 0) is 17.7 Å². The van der Waals surface area contributed by atoms with Crippen LogP contribution in [0.25, 0.3) is 10.9 Å². The number of aryl methyl sites for hydroxylation is 1. The number of rotatable bonds is 8. The SMILES string of the molecule is CCn1cc(C(=O)[O-])c(=O)c2cc(CCNCCNC(=O)OC(C)(C)C)ccc21.[Na+]. The van der Waals surface area contributed by atoms with Crippen molar-refractivity contribution < 1.29 is 49.0 Å². The summed E-state index contributed by atoms with van der Waals surface area (Å²) in [6.45, 7) is 9.49. The number of carboxylic acid groups (broad SMARTS) is 1. The van der Waals surface area contributed by atoms with Crippen LogP contribution in [-0.4, -0.2) is 41.9 Å². The van der Waals surface area contributed by atoms with Gasteiger partial charge in [-0.1, -0.05) is 6.07 Å². The van der Waals surface area contributed by atoms with Crippen molar-refractivity contribution >= 4 is 23.0 Å². The van der Waals surface area contributed by atoms with Crippen molar-refractivity contribution in [3.8, 4) is 0 Å². The van der Waals surface area contributed by atoms with Gasteiger partial charge in [-0.3, -0.25) is 4.79 Å². The van der Waals surface area contributed by atoms with Gasteiger partial charge in [0.2, 0.25) is 0 Å². The first-order valence-corrected chi connectivity index (χ1v) is 9.67. The Kier molecular flexibility index (Phi) is 10.0. The molecule has 0 spiro atoms. The summed E-state index contributed by atoms with van der Waals surface area (Å²) < 4.78 is 6.88. The molecule has 2 aromatic rings. The molecular weight excluding hydrogens is 397 g/mol. The number of fused-ring (bicyclic) bond motifs is 1. The van der Waals surface area contributed by atoms with Crippen LogP contribution in [0, 0.1) is 0 Å². The molecule has 0 aliphatic carbocycles. The number of aromatic nitrogens is 1. The van der Waals surface area contributed by atoms with Gasteiger partial charge >= 0.3 is 35.7 Å². The molecule has 0 saturated carbocycles. The maximum atomic E-state index is 12.5. The predicted molar refractivity (Wildman–Crippen MR) is 109 cm³/mol. The molecule has 1 aromatic heterocycles. The zero-order valence-electron chi connectivity index (χ0n) is 18.3. The van der Waals surface area contributed by atoms with Gasteiger partial charge in [-0.15, -0.1) is 0 Å². The number of aromatic carboxylic acids is 1. The van der Waals surface area contributed by atoms with Gasteiger partial charge < -0.3 is 29.8 Å². The monoisotopic (exact) mass is 425 g/mol. The second-order valence-corrected chi connectivity index (χ2v) is 7.73. The van der Waals surface area contributed by atoms with E-state index < -0.39 is 23.1 Å². The van der Waals surface area contributed by atoms with E-state index >= 15 is 0 Å². The average Bonchev–Trinajstić information content (AvgIpc) is 2.63. The Balaban J connectivity index is 0.00000450. The molecule has 1 heterocycles. The summed E-state index contributed by atoms with van der Waals surface area (Å²) in [7, 11) is 0. The van der Waals surface area contributed by atoms with Crippen molar-refractivity contribution in [2.24, 2.45) is 0 Å². The molecule has 0 saturated heterocycles. The predicted octanol–water partition coefficient (Wildman–Crippen LogP) is -1.95. The Morgan fingerprint density at radius 2 is 1.87 bits per heavy atom. The number of carbonyl (C=O) groups is 2. The van der Waals surface area contributed by atoms with Crippen molar-refractivity contribution in [3.05, 3.63) is 45.7 Å². The summed E-state index contributed by atoms with van der Waals surface area (Å²) in [6.07, 6.45) is 1.53. The Labute approximate surface area is 198 Å². The third-order valence-corrected chi connectivity index (χ3v) is 4.27. The first-order valence-electron chi connectivity index (χ1n) is 9.67. The Bertz CT molecular complexity index is 950. The first kappa shape index (κ1) is 26.2. The minimum atomic E-state index is -1.47. The molecule has 1 amide bonds. The second-order valence-electron chi connectivity index (χ2n) is 7.73. The van der Waals surface area contributed by atoms with E-state index in [9.17, 15) is 19.5 Å². The van der Waals surface area contributed by atoms with Crippen LogP contribution in [0.4, 0.5) is 4.79 Å². The first-order chi connectivity index (χ1) is 13.6. The smallest absolute Gasteiger partial charge is 0.545 e. The molecule has 8 nitrogen and oxygen atoms in total. The molecule has 2 rings (SSSR count). The van der Waals surface area contributed by atoms with Gasteiger partial charge in [-0.05, 0) is 58.4 Å². The number of hydrogen-bond donors (Lipinski definition) is 2. The van der Waals surface area contributed by atoms with Gasteiger partial charge in [0.15, 0.2) is 5.43 Å². The number of nitrogens with one attached hydrogen (secondary N) is 2. The Morgan fingerprint density at radius 3 is 2.47 bits per heavy atom. The molecule has 2 N–H and O–H groups in total. The molecule has 0 fully saturated rings. The van der Waals surface area contributed by atoms with Gasteiger partial charge in [0.1, 0.15) is 5.60 Å². The van der Waals surface area contributed by atoms with Crippen LogP contribution in [0.2, 0.25) is 0 Å². The van der Waals surface area contributed by atoms with Crippen molar-refractivity contribution in [1.29, 1.82) is 0 Å². The molecule has 0 radical (unpaired) electrons. The number of amides is 1. The quantitative estimate of drug-likeness (QED) is 0.375. The maximum absolute atomic E-state index is 12.5. The number of carboxylic acids is 1. The molecule has 0 aliphatic heterocycles. The summed E-state index contributed by atoms with van der Waals surface area (Å²) in [4.78, 5) is 35.3. The van der Waals surface area contributed by atoms with E-state index in [1.165, 1.54) is 6.20 Å². The molecule has 0 atom stereocenters. The number of pyridine rings is 1. The van der Waals surface area contributed by atoms with E-state index in [2.05, 4.69) is 10.6 Å². The van der Waals surface area contributed by atoms with Crippen LogP contribution >= 0.6 is 0 Å². The van der Waals surface area contributed by atoms with Crippen LogP contribution in [0.5, 0.6) is 0 Å². The molecule has 0 unspecified atom stereocenters. The standard InChI is InChI=1S/C21H29N3O5.Na/c1-5-24-13-16(19(26)27)18(25)15-12-14(6-7-17(15)24)8-9-22-10-11-23-20(28)29-21(2,3)4;/h6-7,12-13,22H,5,8-11H2,1-4H3,(H,23,28)(H,26,27);/q;+1/p-1. The van der Waals surface area contributed by atoms with E-state index in [-0.39, 0.29) is 35.1 Å². The van der Waals surface area contributed by atoms with Crippen molar-refractivity contribution in [3.63, 3.8) is 0 Å². The van der Waals surface area contributed by atoms with E-state index in [0.717, 1.165) is 5.56 Å². The van der Waals surface area contributed by atoms with Crippen molar-refractivity contribution in [2.75, 3.05) is 19.6 Å². The number of nitrogens with zero attached hydrogens (tertiary/aromatic N) is 1. The molecule has 0 bridgehead atoms. The normalized spacial score (nSPS) is 11.1. The van der Waals surface area contributed by atoms with Gasteiger partial charge in [0.25, 0.3) is 0 Å². The fourth-order valence-corrected chi connectivity index (χ4v) is 2.93. The minimum Gasteiger partial charge on any atom is -0.545 e. The van der Waals surface area contributed by atoms with Crippen LogP contribution in [0.15, 0.2) is 29.2 Å². The molecule has 30 heavy (non-hydrogen) atoms. The molecule has 9 heteroatoms. The average molecular weight is 425 g/mol.